The highest BCUT2D eigenvalue weighted by Crippen LogP contribution is 2.26. The van der Waals surface area contributed by atoms with Gasteiger partial charge in [-0.25, -0.2) is 14.4 Å². The average molecular weight is 490 g/mol. The monoisotopic (exact) mass is 489 g/mol. The summed E-state index contributed by atoms with van der Waals surface area (Å²) in [6.07, 6.45) is 1.20. The second-order valence-electron chi connectivity index (χ2n) is 7.24. The summed E-state index contributed by atoms with van der Waals surface area (Å²) in [7, 11) is 0. The predicted molar refractivity (Wildman–Crippen MR) is 122 cm³/mol. The molecule has 1 aromatic heterocycles. The summed E-state index contributed by atoms with van der Waals surface area (Å²) in [6, 6.07) is 11.1. The summed E-state index contributed by atoms with van der Waals surface area (Å²) in [5, 5.41) is 9.93. The Morgan fingerprint density at radius 3 is 2.39 bits per heavy atom. The Morgan fingerprint density at radius 1 is 1.03 bits per heavy atom. The van der Waals surface area contributed by atoms with Crippen LogP contribution in [0.25, 0.3) is 5.69 Å². The smallest absolute Gasteiger partial charge is 0.414 e. The maximum atomic E-state index is 13.2. The molecule has 1 saturated heterocycles. The van der Waals surface area contributed by atoms with Crippen LogP contribution in [0.2, 0.25) is 10.0 Å². The minimum Gasteiger partial charge on any atom is -0.477 e. The van der Waals surface area contributed by atoms with Crippen molar-refractivity contribution in [3.8, 4) is 5.69 Å². The van der Waals surface area contributed by atoms with Gasteiger partial charge in [-0.3, -0.25) is 18.8 Å². The van der Waals surface area contributed by atoms with Gasteiger partial charge in [0, 0.05) is 18.4 Å². The summed E-state index contributed by atoms with van der Waals surface area (Å²) in [5.74, 6) is -1.48. The van der Waals surface area contributed by atoms with Gasteiger partial charge >= 0.3 is 17.8 Å². The number of rotatable bonds is 5. The Bertz CT molecular complexity index is 1360. The van der Waals surface area contributed by atoms with Crippen molar-refractivity contribution in [2.24, 2.45) is 0 Å². The minimum atomic E-state index is -1.48. The third-order valence-corrected chi connectivity index (χ3v) is 6.03. The molecular weight excluding hydrogens is 473 g/mol. The predicted octanol–water partition coefficient (Wildman–Crippen LogP) is 3.40. The molecule has 1 aliphatic rings. The van der Waals surface area contributed by atoms with Crippen molar-refractivity contribution in [1.29, 1.82) is 0 Å². The zero-order valence-corrected chi connectivity index (χ0v) is 18.5. The number of hydrogen-bond donors (Lipinski definition) is 1. The quantitative estimate of drug-likeness (QED) is 0.587. The molecule has 0 spiro atoms. The molecule has 170 valence electrons. The van der Waals surface area contributed by atoms with Gasteiger partial charge in [0.05, 0.1) is 28.9 Å². The van der Waals surface area contributed by atoms with E-state index in [1.165, 1.54) is 4.90 Å². The van der Waals surface area contributed by atoms with E-state index in [-0.39, 0.29) is 16.6 Å². The molecule has 2 heterocycles. The summed E-state index contributed by atoms with van der Waals surface area (Å²) in [5.41, 5.74) is -1.05. The number of nitrogens with zero attached hydrogens (tertiary/aromatic N) is 3. The van der Waals surface area contributed by atoms with Crippen LogP contribution in [0, 0.1) is 0 Å². The van der Waals surface area contributed by atoms with Crippen LogP contribution in [0.15, 0.2) is 58.3 Å². The SMILES string of the molecule is O=C(O)c1cn(-c2ccc(N3CCCOC3=O)cc2)c(=O)n(Cc2cccc(Cl)c2Cl)c1=O. The molecular formula is C22H17Cl2N3O6. The fraction of sp³-hybridized carbons (Fsp3) is 0.182. The number of amides is 1. The zero-order chi connectivity index (χ0) is 23.7. The van der Waals surface area contributed by atoms with Crippen molar-refractivity contribution in [2.75, 3.05) is 18.1 Å². The first-order chi connectivity index (χ1) is 15.8. The Labute approximate surface area is 197 Å². The van der Waals surface area contributed by atoms with Crippen molar-refractivity contribution in [3.63, 3.8) is 0 Å². The summed E-state index contributed by atoms with van der Waals surface area (Å²) in [6.45, 7) is 0.585. The number of carbonyl (C=O) groups is 2. The van der Waals surface area contributed by atoms with E-state index in [0.29, 0.717) is 36.5 Å². The molecule has 0 atom stereocenters. The van der Waals surface area contributed by atoms with E-state index in [1.807, 2.05) is 0 Å². The van der Waals surface area contributed by atoms with Crippen molar-refractivity contribution >= 4 is 41.0 Å². The Morgan fingerprint density at radius 2 is 1.73 bits per heavy atom. The number of ether oxygens (including phenoxy) is 1. The Hall–Kier alpha value is -3.56. The molecule has 9 nitrogen and oxygen atoms in total. The molecule has 1 N–H and O–H groups in total. The van der Waals surface area contributed by atoms with Crippen molar-refractivity contribution in [2.45, 2.75) is 13.0 Å². The van der Waals surface area contributed by atoms with E-state index in [2.05, 4.69) is 0 Å². The van der Waals surface area contributed by atoms with Crippen molar-refractivity contribution < 1.29 is 19.4 Å². The van der Waals surface area contributed by atoms with Crippen LogP contribution < -0.4 is 16.1 Å². The van der Waals surface area contributed by atoms with Crippen LogP contribution in [0.5, 0.6) is 0 Å². The van der Waals surface area contributed by atoms with E-state index < -0.39 is 28.9 Å². The highest BCUT2D eigenvalue weighted by molar-refractivity contribution is 6.42. The summed E-state index contributed by atoms with van der Waals surface area (Å²) >= 11 is 12.2. The lowest BCUT2D eigenvalue weighted by Gasteiger charge is -2.26. The lowest BCUT2D eigenvalue weighted by Crippen LogP contribution is -2.42. The van der Waals surface area contributed by atoms with Gasteiger partial charge in [0.1, 0.15) is 5.56 Å². The largest absolute Gasteiger partial charge is 0.477 e. The van der Waals surface area contributed by atoms with Gasteiger partial charge in [0.25, 0.3) is 5.56 Å². The van der Waals surface area contributed by atoms with E-state index >= 15 is 0 Å². The molecule has 0 aliphatic carbocycles. The van der Waals surface area contributed by atoms with E-state index in [0.717, 1.165) is 15.3 Å². The topological polar surface area (TPSA) is 111 Å². The molecule has 4 rings (SSSR count). The minimum absolute atomic E-state index is 0.163. The molecule has 0 bridgehead atoms. The third-order valence-electron chi connectivity index (χ3n) is 5.17. The maximum Gasteiger partial charge on any atom is 0.414 e. The number of halogens is 2. The lowest BCUT2D eigenvalue weighted by molar-refractivity contribution is 0.0693. The molecule has 2 aromatic carbocycles. The lowest BCUT2D eigenvalue weighted by atomic mass is 10.2. The van der Waals surface area contributed by atoms with Gasteiger partial charge in [-0.05, 0) is 42.3 Å². The van der Waals surface area contributed by atoms with Crippen LogP contribution in [-0.2, 0) is 11.3 Å². The van der Waals surface area contributed by atoms with E-state index in [9.17, 15) is 24.3 Å². The number of aromatic nitrogens is 2. The fourth-order valence-corrected chi connectivity index (χ4v) is 3.87. The fourth-order valence-electron chi connectivity index (χ4n) is 3.49. The highest BCUT2D eigenvalue weighted by Gasteiger charge is 2.22. The number of benzene rings is 2. The first-order valence-corrected chi connectivity index (χ1v) is 10.6. The number of anilines is 1. The van der Waals surface area contributed by atoms with Crippen molar-refractivity contribution in [1.82, 2.24) is 9.13 Å². The van der Waals surface area contributed by atoms with Gasteiger partial charge in [-0.2, -0.15) is 0 Å². The number of aromatic carboxylic acids is 1. The second-order valence-corrected chi connectivity index (χ2v) is 8.03. The molecule has 0 unspecified atom stereocenters. The van der Waals surface area contributed by atoms with Crippen molar-refractivity contribution in [3.05, 3.63) is 90.7 Å². The van der Waals surface area contributed by atoms with Gasteiger partial charge in [-0.15, -0.1) is 0 Å². The first-order valence-electron chi connectivity index (χ1n) is 9.85. The van der Waals surface area contributed by atoms with Crippen LogP contribution in [-0.4, -0.2) is 39.5 Å². The molecule has 11 heteroatoms. The maximum absolute atomic E-state index is 13.2. The standard InChI is InChI=1S/C22H17Cl2N3O6/c23-17-4-1-3-13(18(17)24)11-27-19(28)16(20(29)30)12-26(21(27)31)15-7-5-14(6-8-15)25-9-2-10-33-22(25)32/h1,3-8,12H,2,9-11H2,(H,29,30). The van der Waals surface area contributed by atoms with E-state index in [4.69, 9.17) is 27.9 Å². The van der Waals surface area contributed by atoms with Crippen LogP contribution in [0.4, 0.5) is 10.5 Å². The van der Waals surface area contributed by atoms with Gasteiger partial charge in [0.2, 0.25) is 0 Å². The molecule has 0 radical (unpaired) electrons. The molecule has 1 amide bonds. The van der Waals surface area contributed by atoms with E-state index in [1.54, 1.807) is 42.5 Å². The normalized spacial score (nSPS) is 13.6. The Balaban J connectivity index is 1.79. The molecule has 3 aromatic rings. The number of carbonyl (C=O) groups excluding carboxylic acids is 1. The first kappa shape index (κ1) is 22.6. The average Bonchev–Trinajstić information content (AvgIpc) is 2.80. The zero-order valence-electron chi connectivity index (χ0n) is 17.0. The second kappa shape index (κ2) is 9.13. The van der Waals surface area contributed by atoms with Crippen LogP contribution >= 0.6 is 23.2 Å². The molecule has 1 fully saturated rings. The molecule has 1 aliphatic heterocycles. The van der Waals surface area contributed by atoms with Crippen LogP contribution in [0.1, 0.15) is 22.3 Å². The molecule has 33 heavy (non-hydrogen) atoms. The summed E-state index contributed by atoms with van der Waals surface area (Å²) in [4.78, 5) is 51.0. The number of carboxylic acids is 1. The van der Waals surface area contributed by atoms with Gasteiger partial charge < -0.3 is 9.84 Å². The van der Waals surface area contributed by atoms with Crippen LogP contribution in [0.3, 0.4) is 0 Å². The summed E-state index contributed by atoms with van der Waals surface area (Å²) < 4.78 is 6.88. The van der Waals surface area contributed by atoms with Gasteiger partial charge in [-0.1, -0.05) is 35.3 Å². The third kappa shape index (κ3) is 4.37. The number of carboxylic acid groups (broad SMARTS) is 1. The number of hydrogen-bond acceptors (Lipinski definition) is 5. The highest BCUT2D eigenvalue weighted by atomic mass is 35.5. The molecule has 0 saturated carbocycles. The van der Waals surface area contributed by atoms with Gasteiger partial charge in [0.15, 0.2) is 0 Å². The number of cyclic esters (lactones) is 1. The Kier molecular flexibility index (Phi) is 6.26.